The van der Waals surface area contributed by atoms with Crippen molar-refractivity contribution in [3.05, 3.63) is 29.3 Å². The van der Waals surface area contributed by atoms with Crippen molar-refractivity contribution in [2.75, 3.05) is 11.4 Å². The van der Waals surface area contributed by atoms with Crippen LogP contribution in [0.5, 0.6) is 0 Å². The highest BCUT2D eigenvalue weighted by Crippen LogP contribution is 2.35. The summed E-state index contributed by atoms with van der Waals surface area (Å²) >= 11 is 0. The molecule has 1 aliphatic carbocycles. The number of nitrogens with zero attached hydrogens (tertiary/aromatic N) is 1. The van der Waals surface area contributed by atoms with Gasteiger partial charge in [0.15, 0.2) is 0 Å². The molecule has 4 nitrogen and oxygen atoms in total. The molecule has 1 aromatic rings. The van der Waals surface area contributed by atoms with E-state index in [0.29, 0.717) is 0 Å². The van der Waals surface area contributed by atoms with Crippen molar-refractivity contribution in [2.24, 2.45) is 5.92 Å². The molecule has 4 heteroatoms. The third-order valence-corrected chi connectivity index (χ3v) is 3.71. The molecule has 1 aromatic carbocycles. The molecule has 0 bridgehead atoms. The Hall–Kier alpha value is -1.84. The Labute approximate surface area is 119 Å². The summed E-state index contributed by atoms with van der Waals surface area (Å²) in [4.78, 5) is 25.0. The van der Waals surface area contributed by atoms with Crippen LogP contribution in [0.2, 0.25) is 0 Å². The lowest BCUT2D eigenvalue weighted by Gasteiger charge is -2.26. The molecule has 0 unspecified atom stereocenters. The van der Waals surface area contributed by atoms with Gasteiger partial charge < -0.3 is 10.0 Å². The first-order valence-corrected chi connectivity index (χ1v) is 7.16. The van der Waals surface area contributed by atoms with E-state index in [-0.39, 0.29) is 24.8 Å². The molecule has 1 amide bonds. The lowest BCUT2D eigenvalue weighted by atomic mass is 10.0. The third kappa shape index (κ3) is 3.18. The molecule has 108 valence electrons. The number of carboxylic acids is 1. The fourth-order valence-corrected chi connectivity index (χ4v) is 2.48. The number of aliphatic carboxylic acids is 1. The van der Waals surface area contributed by atoms with E-state index >= 15 is 0 Å². The van der Waals surface area contributed by atoms with E-state index in [1.165, 1.54) is 0 Å². The van der Waals surface area contributed by atoms with Crippen LogP contribution in [0.3, 0.4) is 0 Å². The zero-order valence-corrected chi connectivity index (χ0v) is 12.1. The Morgan fingerprint density at radius 3 is 2.60 bits per heavy atom. The summed E-state index contributed by atoms with van der Waals surface area (Å²) in [6.07, 6.45) is 2.67. The summed E-state index contributed by atoms with van der Waals surface area (Å²) in [6, 6.07) is 5.97. The van der Waals surface area contributed by atoms with Crippen LogP contribution in [0.15, 0.2) is 18.2 Å². The quantitative estimate of drug-likeness (QED) is 0.868. The van der Waals surface area contributed by atoms with Crippen LogP contribution < -0.4 is 4.90 Å². The highest BCUT2D eigenvalue weighted by Gasteiger charge is 2.35. The van der Waals surface area contributed by atoms with E-state index in [2.05, 4.69) is 6.92 Å². The van der Waals surface area contributed by atoms with E-state index in [1.54, 1.807) is 4.90 Å². The minimum atomic E-state index is -0.870. The second kappa shape index (κ2) is 6.07. The molecule has 1 N–H and O–H groups in total. The van der Waals surface area contributed by atoms with E-state index in [0.717, 1.165) is 36.1 Å². The molecular formula is C16H21NO3. The monoisotopic (exact) mass is 275 g/mol. The maximum absolute atomic E-state index is 12.5. The fraction of sp³-hybridized carbons (Fsp3) is 0.500. The van der Waals surface area contributed by atoms with Crippen LogP contribution in [0.4, 0.5) is 5.69 Å². The van der Waals surface area contributed by atoms with E-state index < -0.39 is 5.97 Å². The first kappa shape index (κ1) is 14.6. The third-order valence-electron chi connectivity index (χ3n) is 3.71. The average Bonchev–Trinajstić information content (AvgIpc) is 3.24. The number of hydrogen-bond acceptors (Lipinski definition) is 2. The highest BCUT2D eigenvalue weighted by atomic mass is 16.4. The van der Waals surface area contributed by atoms with Crippen molar-refractivity contribution in [3.63, 3.8) is 0 Å². The van der Waals surface area contributed by atoms with Gasteiger partial charge in [-0.3, -0.25) is 9.59 Å². The molecule has 0 aliphatic heterocycles. The topological polar surface area (TPSA) is 57.6 Å². The fourth-order valence-electron chi connectivity index (χ4n) is 2.48. The van der Waals surface area contributed by atoms with Crippen LogP contribution in [-0.4, -0.2) is 23.5 Å². The number of para-hydroxylation sites is 1. The Kier molecular flexibility index (Phi) is 4.42. The summed E-state index contributed by atoms with van der Waals surface area (Å²) in [7, 11) is 0. The molecular weight excluding hydrogens is 254 g/mol. The summed E-state index contributed by atoms with van der Waals surface area (Å²) in [5, 5.41) is 8.90. The Morgan fingerprint density at radius 2 is 2.05 bits per heavy atom. The number of carboxylic acid groups (broad SMARTS) is 1. The smallest absolute Gasteiger partial charge is 0.305 e. The largest absolute Gasteiger partial charge is 0.481 e. The number of hydrogen-bond donors (Lipinski definition) is 1. The van der Waals surface area contributed by atoms with Crippen molar-refractivity contribution in [1.29, 1.82) is 0 Å². The van der Waals surface area contributed by atoms with Crippen molar-refractivity contribution in [3.8, 4) is 0 Å². The van der Waals surface area contributed by atoms with Gasteiger partial charge in [0.05, 0.1) is 6.42 Å². The number of carbonyl (C=O) groups excluding carboxylic acids is 1. The minimum Gasteiger partial charge on any atom is -0.481 e. The Balaban J connectivity index is 2.34. The molecule has 0 radical (unpaired) electrons. The molecule has 0 atom stereocenters. The van der Waals surface area contributed by atoms with Gasteiger partial charge in [-0.25, -0.2) is 0 Å². The number of aryl methyl sites for hydroxylation is 2. The summed E-state index contributed by atoms with van der Waals surface area (Å²) in [5.74, 6) is -0.700. The van der Waals surface area contributed by atoms with Gasteiger partial charge in [-0.15, -0.1) is 0 Å². The molecule has 0 spiro atoms. The van der Waals surface area contributed by atoms with Crippen LogP contribution in [0, 0.1) is 12.8 Å². The predicted octanol–water partition coefficient (Wildman–Crippen LogP) is 2.78. The summed E-state index contributed by atoms with van der Waals surface area (Å²) in [5.41, 5.74) is 3.04. The second-order valence-electron chi connectivity index (χ2n) is 5.34. The predicted molar refractivity (Wildman–Crippen MR) is 77.9 cm³/mol. The zero-order chi connectivity index (χ0) is 14.7. The van der Waals surface area contributed by atoms with Crippen molar-refractivity contribution in [1.82, 2.24) is 0 Å². The number of rotatable bonds is 6. The SMILES string of the molecule is CCc1cccc(C)c1N(CCC(=O)O)C(=O)C1CC1. The molecule has 1 saturated carbocycles. The minimum absolute atomic E-state index is 0.0179. The van der Waals surface area contributed by atoms with Gasteiger partial charge in [0.25, 0.3) is 0 Å². The van der Waals surface area contributed by atoms with E-state index in [4.69, 9.17) is 5.11 Å². The maximum atomic E-state index is 12.5. The normalized spacial score (nSPS) is 14.1. The molecule has 1 fully saturated rings. The lowest BCUT2D eigenvalue weighted by Crippen LogP contribution is -2.35. The molecule has 0 aromatic heterocycles. The highest BCUT2D eigenvalue weighted by molar-refractivity contribution is 5.98. The van der Waals surface area contributed by atoms with E-state index in [1.807, 2.05) is 25.1 Å². The van der Waals surface area contributed by atoms with Crippen LogP contribution in [0.1, 0.15) is 37.3 Å². The van der Waals surface area contributed by atoms with Crippen LogP contribution in [0.25, 0.3) is 0 Å². The van der Waals surface area contributed by atoms with Gasteiger partial charge >= 0.3 is 5.97 Å². The van der Waals surface area contributed by atoms with Crippen LogP contribution in [-0.2, 0) is 16.0 Å². The van der Waals surface area contributed by atoms with Gasteiger partial charge in [-0.1, -0.05) is 25.1 Å². The summed E-state index contributed by atoms with van der Waals surface area (Å²) < 4.78 is 0. The summed E-state index contributed by atoms with van der Waals surface area (Å²) in [6.45, 7) is 4.28. The maximum Gasteiger partial charge on any atom is 0.305 e. The first-order chi connectivity index (χ1) is 9.54. The van der Waals surface area contributed by atoms with Gasteiger partial charge in [-0.2, -0.15) is 0 Å². The van der Waals surface area contributed by atoms with Crippen molar-refractivity contribution < 1.29 is 14.7 Å². The van der Waals surface area contributed by atoms with Gasteiger partial charge in [0, 0.05) is 18.2 Å². The van der Waals surface area contributed by atoms with Gasteiger partial charge in [0.1, 0.15) is 0 Å². The molecule has 20 heavy (non-hydrogen) atoms. The molecule has 0 saturated heterocycles. The standard InChI is InChI=1S/C16H21NO3/c1-3-12-6-4-5-11(2)15(12)17(10-9-14(18)19)16(20)13-7-8-13/h4-6,13H,3,7-10H2,1-2H3,(H,18,19). The number of anilines is 1. The van der Waals surface area contributed by atoms with Gasteiger partial charge in [-0.05, 0) is 37.3 Å². The Morgan fingerprint density at radius 1 is 1.35 bits per heavy atom. The Bertz CT molecular complexity index is 520. The molecule has 1 aliphatic rings. The zero-order valence-electron chi connectivity index (χ0n) is 12.1. The number of benzene rings is 1. The lowest BCUT2D eigenvalue weighted by molar-refractivity contribution is -0.136. The average molecular weight is 275 g/mol. The molecule has 2 rings (SSSR count). The van der Waals surface area contributed by atoms with Crippen LogP contribution >= 0.6 is 0 Å². The number of amides is 1. The second-order valence-corrected chi connectivity index (χ2v) is 5.34. The van der Waals surface area contributed by atoms with Gasteiger partial charge in [0.2, 0.25) is 5.91 Å². The molecule has 0 heterocycles. The first-order valence-electron chi connectivity index (χ1n) is 7.16. The number of carbonyl (C=O) groups is 2. The van der Waals surface area contributed by atoms with E-state index in [9.17, 15) is 9.59 Å². The van der Waals surface area contributed by atoms with Crippen molar-refractivity contribution >= 4 is 17.6 Å². The van der Waals surface area contributed by atoms with Crippen molar-refractivity contribution in [2.45, 2.75) is 39.5 Å².